The van der Waals surface area contributed by atoms with Crippen LogP contribution in [0.1, 0.15) is 76.1 Å². The van der Waals surface area contributed by atoms with Gasteiger partial charge in [0.2, 0.25) is 0 Å². The first-order valence-corrected chi connectivity index (χ1v) is 10.3. The van der Waals surface area contributed by atoms with E-state index in [0.29, 0.717) is 12.1 Å². The molecule has 2 aliphatic carbocycles. The van der Waals surface area contributed by atoms with Gasteiger partial charge in [-0.2, -0.15) is 0 Å². The summed E-state index contributed by atoms with van der Waals surface area (Å²) in [5, 5.41) is 4.01. The van der Waals surface area contributed by atoms with Crippen LogP contribution in [0.5, 0.6) is 0 Å². The summed E-state index contributed by atoms with van der Waals surface area (Å²) in [7, 11) is 0. The van der Waals surface area contributed by atoms with E-state index in [1.54, 1.807) is 0 Å². The number of benzene rings is 1. The van der Waals surface area contributed by atoms with E-state index in [0.717, 1.165) is 17.4 Å². The molecule has 2 N–H and O–H groups in total. The Morgan fingerprint density at radius 1 is 0.880 bits per heavy atom. The molecule has 134 valence electrons. The van der Waals surface area contributed by atoms with E-state index in [4.69, 9.17) is 4.98 Å². The van der Waals surface area contributed by atoms with Crippen molar-refractivity contribution in [3.63, 3.8) is 0 Å². The zero-order valence-corrected chi connectivity index (χ0v) is 15.2. The molecule has 3 heteroatoms. The van der Waals surface area contributed by atoms with Crippen LogP contribution in [0.3, 0.4) is 0 Å². The van der Waals surface area contributed by atoms with E-state index in [1.165, 1.54) is 69.8 Å². The number of hydrogen-bond acceptors (Lipinski definition) is 2. The fraction of sp³-hybridized carbons (Fsp3) is 0.591. The molecule has 0 aliphatic heterocycles. The van der Waals surface area contributed by atoms with Crippen molar-refractivity contribution in [3.05, 3.63) is 42.4 Å². The van der Waals surface area contributed by atoms with Crippen LogP contribution in [-0.2, 0) is 0 Å². The first-order valence-electron chi connectivity index (χ1n) is 10.3. The molecular formula is C22H31N3. The molecule has 0 bridgehead atoms. The number of aromatic amines is 1. The zero-order chi connectivity index (χ0) is 16.9. The summed E-state index contributed by atoms with van der Waals surface area (Å²) in [6.45, 7) is 0. The highest BCUT2D eigenvalue weighted by Crippen LogP contribution is 2.35. The number of nitrogens with one attached hydrogen (secondary N) is 2. The van der Waals surface area contributed by atoms with Crippen LogP contribution in [0.15, 0.2) is 36.5 Å². The maximum atomic E-state index is 5.00. The predicted octanol–water partition coefficient (Wildman–Crippen LogP) is 5.62. The SMILES string of the molecule is c1ccc(-c2c[nH]c(C(NC3CCCCC3)C3CCCCC3)n2)cc1. The second-order valence-electron chi connectivity index (χ2n) is 7.91. The number of imidazole rings is 1. The summed E-state index contributed by atoms with van der Waals surface area (Å²) >= 11 is 0. The van der Waals surface area contributed by atoms with E-state index >= 15 is 0 Å². The molecule has 2 aromatic rings. The van der Waals surface area contributed by atoms with Gasteiger partial charge in [0.15, 0.2) is 0 Å². The summed E-state index contributed by atoms with van der Waals surface area (Å²) in [6.07, 6.45) is 15.7. The van der Waals surface area contributed by atoms with Gasteiger partial charge in [-0.15, -0.1) is 0 Å². The van der Waals surface area contributed by atoms with Crippen molar-refractivity contribution < 1.29 is 0 Å². The third-order valence-electron chi connectivity index (χ3n) is 6.10. The van der Waals surface area contributed by atoms with Gasteiger partial charge in [0, 0.05) is 17.8 Å². The summed E-state index contributed by atoms with van der Waals surface area (Å²) in [4.78, 5) is 8.52. The van der Waals surface area contributed by atoms with Gasteiger partial charge in [0.05, 0.1) is 11.7 Å². The highest BCUT2D eigenvalue weighted by atomic mass is 15.0. The molecule has 1 heterocycles. The second-order valence-corrected chi connectivity index (χ2v) is 7.91. The number of H-pyrrole nitrogens is 1. The quantitative estimate of drug-likeness (QED) is 0.743. The smallest absolute Gasteiger partial charge is 0.124 e. The average Bonchev–Trinajstić information content (AvgIpc) is 3.18. The van der Waals surface area contributed by atoms with Gasteiger partial charge in [-0.25, -0.2) is 4.98 Å². The molecule has 3 nitrogen and oxygen atoms in total. The van der Waals surface area contributed by atoms with Crippen molar-refractivity contribution in [2.75, 3.05) is 0 Å². The van der Waals surface area contributed by atoms with Crippen molar-refractivity contribution in [3.8, 4) is 11.3 Å². The lowest BCUT2D eigenvalue weighted by Crippen LogP contribution is -2.39. The maximum absolute atomic E-state index is 5.00. The van der Waals surface area contributed by atoms with Crippen LogP contribution in [0.4, 0.5) is 0 Å². The van der Waals surface area contributed by atoms with Gasteiger partial charge in [0.1, 0.15) is 5.82 Å². The van der Waals surface area contributed by atoms with E-state index < -0.39 is 0 Å². The van der Waals surface area contributed by atoms with Crippen molar-refractivity contribution in [2.45, 2.75) is 76.3 Å². The van der Waals surface area contributed by atoms with E-state index in [-0.39, 0.29) is 0 Å². The molecule has 0 amide bonds. The minimum atomic E-state index is 0.390. The van der Waals surface area contributed by atoms with Crippen LogP contribution in [0, 0.1) is 5.92 Å². The van der Waals surface area contributed by atoms with Crippen molar-refractivity contribution in [1.82, 2.24) is 15.3 Å². The molecule has 2 saturated carbocycles. The molecule has 0 saturated heterocycles. The molecule has 1 unspecified atom stereocenters. The van der Waals surface area contributed by atoms with Crippen molar-refractivity contribution in [1.29, 1.82) is 0 Å². The van der Waals surface area contributed by atoms with E-state index in [1.807, 2.05) is 0 Å². The lowest BCUT2D eigenvalue weighted by atomic mass is 9.82. The predicted molar refractivity (Wildman–Crippen MR) is 103 cm³/mol. The number of hydrogen-bond donors (Lipinski definition) is 2. The van der Waals surface area contributed by atoms with Gasteiger partial charge in [0.25, 0.3) is 0 Å². The largest absolute Gasteiger partial charge is 0.347 e. The first kappa shape index (κ1) is 16.8. The fourth-order valence-electron chi connectivity index (χ4n) is 4.68. The molecule has 2 fully saturated rings. The summed E-state index contributed by atoms with van der Waals surface area (Å²) in [5.74, 6) is 1.88. The van der Waals surface area contributed by atoms with Gasteiger partial charge >= 0.3 is 0 Å². The normalized spacial score (nSPS) is 21.3. The van der Waals surface area contributed by atoms with Crippen LogP contribution >= 0.6 is 0 Å². The summed E-state index contributed by atoms with van der Waals surface area (Å²) < 4.78 is 0. The van der Waals surface area contributed by atoms with Crippen molar-refractivity contribution in [2.24, 2.45) is 5.92 Å². The maximum Gasteiger partial charge on any atom is 0.124 e. The minimum Gasteiger partial charge on any atom is -0.347 e. The molecular weight excluding hydrogens is 306 g/mol. The van der Waals surface area contributed by atoms with Gasteiger partial charge in [-0.3, -0.25) is 0 Å². The Labute approximate surface area is 151 Å². The number of rotatable bonds is 5. The van der Waals surface area contributed by atoms with Crippen molar-refractivity contribution >= 4 is 0 Å². The Morgan fingerprint density at radius 2 is 1.56 bits per heavy atom. The molecule has 25 heavy (non-hydrogen) atoms. The highest BCUT2D eigenvalue weighted by molar-refractivity contribution is 5.58. The zero-order valence-electron chi connectivity index (χ0n) is 15.2. The van der Waals surface area contributed by atoms with Crippen LogP contribution in [-0.4, -0.2) is 16.0 Å². The summed E-state index contributed by atoms with van der Waals surface area (Å²) in [5.41, 5.74) is 2.27. The summed E-state index contributed by atoms with van der Waals surface area (Å²) in [6, 6.07) is 11.6. The molecule has 0 radical (unpaired) electrons. The lowest BCUT2D eigenvalue weighted by molar-refractivity contribution is 0.227. The second kappa shape index (κ2) is 8.18. The third-order valence-corrected chi connectivity index (χ3v) is 6.10. The molecule has 0 spiro atoms. The Hall–Kier alpha value is -1.61. The third kappa shape index (κ3) is 4.14. The fourth-order valence-corrected chi connectivity index (χ4v) is 4.68. The van der Waals surface area contributed by atoms with Gasteiger partial charge < -0.3 is 10.3 Å². The average molecular weight is 338 g/mol. The molecule has 1 aromatic carbocycles. The topological polar surface area (TPSA) is 40.7 Å². The van der Waals surface area contributed by atoms with Crippen LogP contribution in [0.25, 0.3) is 11.3 Å². The highest BCUT2D eigenvalue weighted by Gasteiger charge is 2.29. The molecule has 2 aliphatic rings. The van der Waals surface area contributed by atoms with Crippen LogP contribution < -0.4 is 5.32 Å². The van der Waals surface area contributed by atoms with Crippen LogP contribution in [0.2, 0.25) is 0 Å². The van der Waals surface area contributed by atoms with Gasteiger partial charge in [-0.1, -0.05) is 68.9 Å². The minimum absolute atomic E-state index is 0.390. The Bertz CT molecular complexity index is 636. The number of nitrogens with zero attached hydrogens (tertiary/aromatic N) is 1. The Morgan fingerprint density at radius 3 is 2.28 bits per heavy atom. The van der Waals surface area contributed by atoms with Gasteiger partial charge in [-0.05, 0) is 31.6 Å². The molecule has 1 atom stereocenters. The molecule has 1 aromatic heterocycles. The Kier molecular flexibility index (Phi) is 5.51. The number of aromatic nitrogens is 2. The van der Waals surface area contributed by atoms with E-state index in [9.17, 15) is 0 Å². The lowest BCUT2D eigenvalue weighted by Gasteiger charge is -2.34. The Balaban J connectivity index is 1.55. The standard InChI is InChI=1S/C22H31N3/c1-4-10-17(11-5-1)20-16-23-22(25-20)21(18-12-6-2-7-13-18)24-19-14-8-3-9-15-19/h1,4-5,10-11,16,18-19,21,24H,2-3,6-9,12-15H2,(H,23,25). The molecule has 4 rings (SSSR count). The van der Waals surface area contributed by atoms with E-state index in [2.05, 4.69) is 46.8 Å². The first-order chi connectivity index (χ1) is 12.4. The monoisotopic (exact) mass is 337 g/mol.